The smallest absolute Gasteiger partial charge is 0.410 e. The molecule has 8 heteroatoms. The molecule has 26 heavy (non-hydrogen) atoms. The van der Waals surface area contributed by atoms with Crippen LogP contribution in [-0.4, -0.2) is 53.6 Å². The van der Waals surface area contributed by atoms with E-state index in [-0.39, 0.29) is 21.3 Å². The highest BCUT2D eigenvalue weighted by Crippen LogP contribution is 2.22. The lowest BCUT2D eigenvalue weighted by molar-refractivity contribution is 0.0159. The van der Waals surface area contributed by atoms with Crippen LogP contribution in [0.25, 0.3) is 0 Å². The molecule has 0 atom stereocenters. The quantitative estimate of drug-likeness (QED) is 0.475. The summed E-state index contributed by atoms with van der Waals surface area (Å²) in [5.74, 6) is -2.05. The Morgan fingerprint density at radius 2 is 1.77 bits per heavy atom. The van der Waals surface area contributed by atoms with Crippen LogP contribution in [0.4, 0.5) is 13.6 Å². The average Bonchev–Trinajstić information content (AvgIpc) is 2.55. The molecule has 1 aliphatic rings. The Bertz CT molecular complexity index is 698. The van der Waals surface area contributed by atoms with Crippen LogP contribution in [0, 0.1) is 15.2 Å². The minimum atomic E-state index is -0.869. The zero-order chi connectivity index (χ0) is 19.6. The van der Waals surface area contributed by atoms with Crippen LogP contribution in [0.3, 0.4) is 0 Å². The summed E-state index contributed by atoms with van der Waals surface area (Å²) in [5, 5.41) is 0. The summed E-state index contributed by atoms with van der Waals surface area (Å²) >= 11 is 1.73. The molecule has 0 aliphatic carbocycles. The summed E-state index contributed by atoms with van der Waals surface area (Å²) in [6, 6.07) is 1.83. The number of benzene rings is 1. The van der Waals surface area contributed by atoms with Gasteiger partial charge in [0.25, 0.3) is 5.91 Å². The highest BCUT2D eigenvalue weighted by molar-refractivity contribution is 14.1. The standard InChI is InChI=1S/C18H23F2IN2O3/c1-18(2,3)26-17(25)23-7-5-11(6-8-23)22(4)16(24)12-9-15(21)14(20)10-13(12)19/h9-11H,5-8H2,1-4H3. The highest BCUT2D eigenvalue weighted by Gasteiger charge is 2.31. The number of ether oxygens (including phenoxy) is 1. The van der Waals surface area contributed by atoms with Gasteiger partial charge in [-0.25, -0.2) is 13.6 Å². The first-order chi connectivity index (χ1) is 12.0. The first-order valence-electron chi connectivity index (χ1n) is 8.39. The van der Waals surface area contributed by atoms with Crippen LogP contribution >= 0.6 is 22.6 Å². The van der Waals surface area contributed by atoms with Gasteiger partial charge in [0.15, 0.2) is 0 Å². The maximum atomic E-state index is 14.0. The molecule has 2 rings (SSSR count). The summed E-state index contributed by atoms with van der Waals surface area (Å²) in [6.45, 7) is 6.34. The van der Waals surface area contributed by atoms with Crippen molar-refractivity contribution in [3.05, 3.63) is 32.9 Å². The third-order valence-electron chi connectivity index (χ3n) is 4.22. The van der Waals surface area contributed by atoms with E-state index in [4.69, 9.17) is 4.74 Å². The summed E-state index contributed by atoms with van der Waals surface area (Å²) in [4.78, 5) is 27.8. The summed E-state index contributed by atoms with van der Waals surface area (Å²) in [7, 11) is 1.60. The van der Waals surface area contributed by atoms with Crippen LogP contribution in [0.5, 0.6) is 0 Å². The van der Waals surface area contributed by atoms with Crippen molar-refractivity contribution in [2.24, 2.45) is 0 Å². The molecule has 0 saturated carbocycles. The van der Waals surface area contributed by atoms with E-state index in [0.29, 0.717) is 25.9 Å². The summed E-state index contributed by atoms with van der Waals surface area (Å²) < 4.78 is 32.9. The van der Waals surface area contributed by atoms with Crippen molar-refractivity contribution in [1.29, 1.82) is 0 Å². The van der Waals surface area contributed by atoms with Crippen molar-refractivity contribution in [1.82, 2.24) is 9.80 Å². The van der Waals surface area contributed by atoms with Gasteiger partial charge in [0, 0.05) is 35.8 Å². The lowest BCUT2D eigenvalue weighted by Gasteiger charge is -2.37. The van der Waals surface area contributed by atoms with E-state index < -0.39 is 23.1 Å². The molecule has 0 aromatic heterocycles. The van der Waals surface area contributed by atoms with E-state index >= 15 is 0 Å². The predicted octanol–water partition coefficient (Wildman–Crippen LogP) is 4.04. The molecule has 1 aliphatic heterocycles. The third-order valence-corrected chi connectivity index (χ3v) is 5.05. The minimum Gasteiger partial charge on any atom is -0.444 e. The molecule has 1 fully saturated rings. The van der Waals surface area contributed by atoms with Crippen molar-refractivity contribution in [3.8, 4) is 0 Å². The number of rotatable bonds is 2. The Labute approximate surface area is 165 Å². The van der Waals surface area contributed by atoms with Crippen LogP contribution in [0.15, 0.2) is 12.1 Å². The van der Waals surface area contributed by atoms with Crippen LogP contribution in [-0.2, 0) is 4.74 Å². The Kier molecular flexibility index (Phi) is 6.46. The van der Waals surface area contributed by atoms with E-state index in [1.807, 2.05) is 20.8 Å². The van der Waals surface area contributed by atoms with E-state index in [1.54, 1.807) is 34.5 Å². The topological polar surface area (TPSA) is 49.9 Å². The number of nitrogens with zero attached hydrogens (tertiary/aromatic N) is 2. The lowest BCUT2D eigenvalue weighted by atomic mass is 10.0. The summed E-state index contributed by atoms with van der Waals surface area (Å²) in [5.41, 5.74) is -0.703. The molecule has 144 valence electrons. The van der Waals surface area contributed by atoms with Crippen molar-refractivity contribution >= 4 is 34.6 Å². The van der Waals surface area contributed by atoms with E-state index in [2.05, 4.69) is 0 Å². The fourth-order valence-corrected chi connectivity index (χ4v) is 3.27. The van der Waals surface area contributed by atoms with Gasteiger partial charge in [0.2, 0.25) is 0 Å². The normalized spacial score (nSPS) is 15.7. The Hall–Kier alpha value is -1.45. The van der Waals surface area contributed by atoms with Crippen molar-refractivity contribution < 1.29 is 23.1 Å². The highest BCUT2D eigenvalue weighted by atomic mass is 127. The zero-order valence-corrected chi connectivity index (χ0v) is 17.5. The molecule has 2 amide bonds. The third kappa shape index (κ3) is 5.05. The molecular weight excluding hydrogens is 457 g/mol. The predicted molar refractivity (Wildman–Crippen MR) is 102 cm³/mol. The van der Waals surface area contributed by atoms with Gasteiger partial charge in [0.1, 0.15) is 17.2 Å². The molecule has 1 aromatic carbocycles. The second-order valence-electron chi connectivity index (χ2n) is 7.36. The Morgan fingerprint density at radius 1 is 1.19 bits per heavy atom. The number of likely N-dealkylation sites (tertiary alicyclic amines) is 1. The van der Waals surface area contributed by atoms with E-state index in [0.717, 1.165) is 6.07 Å². The maximum Gasteiger partial charge on any atom is 0.410 e. The van der Waals surface area contributed by atoms with Gasteiger partial charge >= 0.3 is 6.09 Å². The Morgan fingerprint density at radius 3 is 2.31 bits per heavy atom. The number of hydrogen-bond donors (Lipinski definition) is 0. The Balaban J connectivity index is 2.00. The molecule has 0 spiro atoms. The molecule has 1 saturated heterocycles. The van der Waals surface area contributed by atoms with Gasteiger partial charge in [-0.1, -0.05) is 0 Å². The molecule has 0 radical (unpaired) electrons. The van der Waals surface area contributed by atoms with Gasteiger partial charge in [-0.2, -0.15) is 0 Å². The second-order valence-corrected chi connectivity index (χ2v) is 8.52. The molecule has 0 bridgehead atoms. The largest absolute Gasteiger partial charge is 0.444 e. The van der Waals surface area contributed by atoms with E-state index in [9.17, 15) is 18.4 Å². The number of halogens is 3. The number of hydrogen-bond acceptors (Lipinski definition) is 3. The molecule has 0 N–H and O–H groups in total. The second kappa shape index (κ2) is 8.06. The van der Waals surface area contributed by atoms with Crippen LogP contribution < -0.4 is 0 Å². The van der Waals surface area contributed by atoms with Gasteiger partial charge in [-0.15, -0.1) is 0 Å². The average molecular weight is 480 g/mol. The number of carbonyl (C=O) groups excluding carboxylic acids is 2. The van der Waals surface area contributed by atoms with Crippen molar-refractivity contribution in [3.63, 3.8) is 0 Å². The minimum absolute atomic E-state index is 0.122. The van der Waals surface area contributed by atoms with Crippen molar-refractivity contribution in [2.75, 3.05) is 20.1 Å². The number of piperidine rings is 1. The van der Waals surface area contributed by atoms with Gasteiger partial charge in [-0.3, -0.25) is 4.79 Å². The molecular formula is C18H23F2IN2O3. The fourth-order valence-electron chi connectivity index (χ4n) is 2.80. The van der Waals surface area contributed by atoms with Crippen molar-refractivity contribution in [2.45, 2.75) is 45.3 Å². The molecule has 0 unspecified atom stereocenters. The molecule has 1 heterocycles. The number of amides is 2. The number of carbonyl (C=O) groups is 2. The van der Waals surface area contributed by atoms with Crippen LogP contribution in [0.1, 0.15) is 44.0 Å². The van der Waals surface area contributed by atoms with Gasteiger partial charge in [0.05, 0.1) is 5.56 Å². The van der Waals surface area contributed by atoms with Gasteiger partial charge < -0.3 is 14.5 Å². The van der Waals surface area contributed by atoms with Crippen LogP contribution in [0.2, 0.25) is 0 Å². The maximum absolute atomic E-state index is 14.0. The first kappa shape index (κ1) is 20.9. The first-order valence-corrected chi connectivity index (χ1v) is 9.47. The zero-order valence-electron chi connectivity index (χ0n) is 15.3. The fraction of sp³-hybridized carbons (Fsp3) is 0.556. The SMILES string of the molecule is CN(C(=O)c1cc(I)c(F)cc1F)C1CCN(C(=O)OC(C)(C)C)CC1. The summed E-state index contributed by atoms with van der Waals surface area (Å²) in [6.07, 6.45) is 0.770. The molecule has 1 aromatic rings. The van der Waals surface area contributed by atoms with Gasteiger partial charge in [-0.05, 0) is 62.3 Å². The lowest BCUT2D eigenvalue weighted by Crippen LogP contribution is -2.48. The van der Waals surface area contributed by atoms with E-state index in [1.165, 1.54) is 11.0 Å². The molecule has 5 nitrogen and oxygen atoms in total. The monoisotopic (exact) mass is 480 g/mol.